The van der Waals surface area contributed by atoms with Gasteiger partial charge >= 0.3 is 0 Å². The summed E-state index contributed by atoms with van der Waals surface area (Å²) in [6, 6.07) is 11.7. The lowest BCUT2D eigenvalue weighted by Crippen LogP contribution is -2.36. The number of hydrogen-bond acceptors (Lipinski definition) is 3. The van der Waals surface area contributed by atoms with E-state index in [1.807, 2.05) is 24.5 Å². The second-order valence-corrected chi connectivity index (χ2v) is 6.63. The van der Waals surface area contributed by atoms with Gasteiger partial charge in [-0.3, -0.25) is 9.59 Å². The van der Waals surface area contributed by atoms with Crippen molar-refractivity contribution < 1.29 is 14.0 Å². The van der Waals surface area contributed by atoms with Crippen LogP contribution in [0.4, 0.5) is 10.1 Å². The van der Waals surface area contributed by atoms with E-state index in [9.17, 15) is 14.0 Å². The maximum atomic E-state index is 13.8. The molecule has 0 radical (unpaired) electrons. The number of likely N-dealkylation sites (N-methyl/N-ethyl adjacent to an activating group) is 1. The van der Waals surface area contributed by atoms with Crippen LogP contribution in [0.1, 0.15) is 5.56 Å². The van der Waals surface area contributed by atoms with E-state index in [4.69, 9.17) is 11.6 Å². The smallest absolute Gasteiger partial charge is 0.244 e. The third kappa shape index (κ3) is 5.21. The van der Waals surface area contributed by atoms with Crippen LogP contribution in [0, 0.1) is 5.82 Å². The Balaban J connectivity index is 1.97. The van der Waals surface area contributed by atoms with E-state index in [1.54, 1.807) is 6.07 Å². The third-order valence-electron chi connectivity index (χ3n) is 3.58. The van der Waals surface area contributed by atoms with Gasteiger partial charge in [-0.25, -0.2) is 4.39 Å². The fraction of sp³-hybridized carbons (Fsp3) is 0.222. The van der Waals surface area contributed by atoms with E-state index in [1.165, 1.54) is 41.9 Å². The zero-order chi connectivity index (χ0) is 18.4. The van der Waals surface area contributed by atoms with Crippen LogP contribution in [-0.2, 0) is 16.0 Å². The molecular weight excluding hydrogens is 363 g/mol. The normalized spacial score (nSPS) is 10.4. The lowest BCUT2D eigenvalue weighted by atomic mass is 10.1. The van der Waals surface area contributed by atoms with Crippen molar-refractivity contribution in [3.8, 4) is 0 Å². The topological polar surface area (TPSA) is 49.4 Å². The van der Waals surface area contributed by atoms with Crippen molar-refractivity contribution in [2.24, 2.45) is 0 Å². The molecule has 0 heterocycles. The van der Waals surface area contributed by atoms with Crippen molar-refractivity contribution >= 4 is 40.9 Å². The lowest BCUT2D eigenvalue weighted by Gasteiger charge is -2.18. The quantitative estimate of drug-likeness (QED) is 0.774. The third-order valence-corrected chi connectivity index (χ3v) is 4.73. The van der Waals surface area contributed by atoms with Crippen molar-refractivity contribution in [2.45, 2.75) is 11.3 Å². The van der Waals surface area contributed by atoms with E-state index in [2.05, 4.69) is 5.32 Å². The number of amides is 2. The van der Waals surface area contributed by atoms with Crippen molar-refractivity contribution in [1.82, 2.24) is 4.90 Å². The highest BCUT2D eigenvalue weighted by molar-refractivity contribution is 7.98. The Morgan fingerprint density at radius 1 is 1.20 bits per heavy atom. The van der Waals surface area contributed by atoms with Crippen molar-refractivity contribution in [2.75, 3.05) is 25.2 Å². The molecule has 0 aliphatic carbocycles. The molecule has 1 N–H and O–H groups in total. The van der Waals surface area contributed by atoms with Crippen LogP contribution in [0.3, 0.4) is 0 Å². The predicted molar refractivity (Wildman–Crippen MR) is 99.6 cm³/mol. The summed E-state index contributed by atoms with van der Waals surface area (Å²) in [5.41, 5.74) is 0.826. The van der Waals surface area contributed by atoms with Gasteiger partial charge in [0.1, 0.15) is 5.82 Å². The molecule has 0 atom stereocenters. The average molecular weight is 381 g/mol. The molecule has 0 aliphatic rings. The van der Waals surface area contributed by atoms with E-state index >= 15 is 0 Å². The second kappa shape index (κ2) is 8.87. The highest BCUT2D eigenvalue weighted by Crippen LogP contribution is 2.24. The molecule has 132 valence electrons. The summed E-state index contributed by atoms with van der Waals surface area (Å²) in [7, 11) is 1.50. The number of nitrogens with one attached hydrogen (secondary N) is 1. The van der Waals surface area contributed by atoms with E-state index < -0.39 is 5.82 Å². The molecule has 0 aliphatic heterocycles. The molecule has 0 aromatic heterocycles. The molecule has 0 fully saturated rings. The minimum atomic E-state index is -0.535. The summed E-state index contributed by atoms with van der Waals surface area (Å²) in [6.07, 6.45) is 1.72. The maximum Gasteiger partial charge on any atom is 0.244 e. The van der Waals surface area contributed by atoms with Crippen LogP contribution in [0.15, 0.2) is 47.4 Å². The fourth-order valence-electron chi connectivity index (χ4n) is 2.23. The van der Waals surface area contributed by atoms with Crippen LogP contribution in [0.5, 0.6) is 0 Å². The number of nitrogens with zero attached hydrogens (tertiary/aromatic N) is 1. The van der Waals surface area contributed by atoms with Crippen LogP contribution < -0.4 is 5.32 Å². The Morgan fingerprint density at radius 2 is 1.92 bits per heavy atom. The van der Waals surface area contributed by atoms with Gasteiger partial charge < -0.3 is 10.2 Å². The molecule has 0 saturated carbocycles. The molecule has 2 rings (SSSR count). The van der Waals surface area contributed by atoms with Gasteiger partial charge in [0.05, 0.1) is 18.7 Å². The Labute approximate surface area is 155 Å². The highest BCUT2D eigenvalue weighted by Gasteiger charge is 2.17. The zero-order valence-electron chi connectivity index (χ0n) is 13.9. The van der Waals surface area contributed by atoms with Gasteiger partial charge in [0.2, 0.25) is 11.8 Å². The Hall–Kier alpha value is -2.05. The number of rotatable bonds is 6. The number of thioether (sulfide) groups is 1. The van der Waals surface area contributed by atoms with Gasteiger partial charge in [-0.2, -0.15) is 0 Å². The molecule has 25 heavy (non-hydrogen) atoms. The largest absolute Gasteiger partial charge is 0.336 e. The summed E-state index contributed by atoms with van der Waals surface area (Å²) in [5, 5.41) is 2.97. The number of carbonyl (C=O) groups is 2. The molecule has 2 aromatic carbocycles. The number of hydrogen-bond donors (Lipinski definition) is 1. The lowest BCUT2D eigenvalue weighted by molar-refractivity contribution is -0.132. The molecule has 0 bridgehead atoms. The SMILES string of the molecule is CSc1ccccc1NC(=O)CN(C)C(=O)Cc1c(F)cccc1Cl. The minimum absolute atomic E-state index is 0.131. The summed E-state index contributed by atoms with van der Waals surface area (Å²) >= 11 is 7.45. The van der Waals surface area contributed by atoms with Crippen LogP contribution in [-0.4, -0.2) is 36.6 Å². The van der Waals surface area contributed by atoms with Crippen LogP contribution >= 0.6 is 23.4 Å². The molecule has 7 heteroatoms. The first-order valence-electron chi connectivity index (χ1n) is 7.52. The number of anilines is 1. The van der Waals surface area contributed by atoms with Gasteiger partial charge in [0, 0.05) is 22.5 Å². The summed E-state index contributed by atoms with van der Waals surface area (Å²) in [5.74, 6) is -1.25. The standard InChI is InChI=1S/C18H18ClFN2O2S/c1-22(18(24)10-12-13(19)6-5-7-14(12)20)11-17(23)21-15-8-3-4-9-16(15)25-2/h3-9H,10-11H2,1-2H3,(H,21,23). The monoisotopic (exact) mass is 380 g/mol. The minimum Gasteiger partial charge on any atom is -0.336 e. The van der Waals surface area contributed by atoms with Crippen LogP contribution in [0.25, 0.3) is 0 Å². The molecule has 2 amide bonds. The van der Waals surface area contributed by atoms with Gasteiger partial charge in [-0.1, -0.05) is 29.8 Å². The maximum absolute atomic E-state index is 13.8. The van der Waals surface area contributed by atoms with E-state index in [0.29, 0.717) is 5.69 Å². The van der Waals surface area contributed by atoms with Crippen molar-refractivity contribution in [3.63, 3.8) is 0 Å². The number of halogens is 2. The van der Waals surface area contributed by atoms with Gasteiger partial charge in [-0.05, 0) is 30.5 Å². The first-order valence-corrected chi connectivity index (χ1v) is 9.12. The molecule has 0 saturated heterocycles. The Kier molecular flexibility index (Phi) is 6.84. The van der Waals surface area contributed by atoms with Crippen LogP contribution in [0.2, 0.25) is 5.02 Å². The highest BCUT2D eigenvalue weighted by atomic mass is 35.5. The molecule has 4 nitrogen and oxygen atoms in total. The van der Waals surface area contributed by atoms with Crippen molar-refractivity contribution in [1.29, 1.82) is 0 Å². The number of carbonyl (C=O) groups excluding carboxylic acids is 2. The second-order valence-electron chi connectivity index (χ2n) is 5.38. The first-order chi connectivity index (χ1) is 11.9. The molecule has 2 aromatic rings. The number of para-hydroxylation sites is 1. The number of benzene rings is 2. The summed E-state index contributed by atoms with van der Waals surface area (Å²) in [4.78, 5) is 26.6. The van der Waals surface area contributed by atoms with Gasteiger partial charge in [0.25, 0.3) is 0 Å². The summed E-state index contributed by atoms with van der Waals surface area (Å²) in [6.45, 7) is -0.131. The van der Waals surface area contributed by atoms with Crippen molar-refractivity contribution in [3.05, 3.63) is 58.9 Å². The first kappa shape index (κ1) is 19.3. The Bertz CT molecular complexity index is 765. The summed E-state index contributed by atoms with van der Waals surface area (Å²) < 4.78 is 13.8. The predicted octanol–water partition coefficient (Wildman–Crippen LogP) is 3.84. The van der Waals surface area contributed by atoms with Gasteiger partial charge in [-0.15, -0.1) is 11.8 Å². The Morgan fingerprint density at radius 3 is 2.60 bits per heavy atom. The molecule has 0 unspecified atom stereocenters. The molecular formula is C18H18ClFN2O2S. The van der Waals surface area contributed by atoms with Gasteiger partial charge in [0.15, 0.2) is 0 Å². The molecule has 0 spiro atoms. The fourth-order valence-corrected chi connectivity index (χ4v) is 3.01. The zero-order valence-corrected chi connectivity index (χ0v) is 15.5. The van der Waals surface area contributed by atoms with E-state index in [0.717, 1.165) is 4.90 Å². The average Bonchev–Trinajstić information content (AvgIpc) is 2.58. The van der Waals surface area contributed by atoms with E-state index in [-0.39, 0.29) is 35.4 Å².